The summed E-state index contributed by atoms with van der Waals surface area (Å²) < 4.78 is 27.0. The van der Waals surface area contributed by atoms with E-state index in [9.17, 15) is 13.2 Å². The van der Waals surface area contributed by atoms with E-state index in [0.717, 1.165) is 31.4 Å². The first-order valence-corrected chi connectivity index (χ1v) is 13.0. The number of likely N-dealkylation sites (tertiary alicyclic amines) is 1. The molecule has 3 rings (SSSR count). The molecule has 168 valence electrons. The Bertz CT molecular complexity index is 767. The summed E-state index contributed by atoms with van der Waals surface area (Å²) in [7, 11) is -3.39. The standard InChI is InChI=1S/C23H37N3O3S/c1-20(19-25-14-4-2-5-15-25)18-24-23(27)13-10-21-8-11-22(12-9-21)30(28,29)26-16-6-3-7-17-26/h8-9,11-12,20H,2-7,10,13-19H2,1H3,(H,24,27). The van der Waals surface area contributed by atoms with E-state index in [0.29, 0.717) is 43.3 Å². The van der Waals surface area contributed by atoms with Crippen molar-refractivity contribution >= 4 is 15.9 Å². The largest absolute Gasteiger partial charge is 0.356 e. The van der Waals surface area contributed by atoms with Crippen LogP contribution >= 0.6 is 0 Å². The Morgan fingerprint density at radius 3 is 2.20 bits per heavy atom. The number of rotatable bonds is 9. The molecule has 0 radical (unpaired) electrons. The highest BCUT2D eigenvalue weighted by Crippen LogP contribution is 2.21. The van der Waals surface area contributed by atoms with Crippen LogP contribution in [-0.2, 0) is 21.2 Å². The number of nitrogens with one attached hydrogen (secondary N) is 1. The number of amides is 1. The van der Waals surface area contributed by atoms with Crippen molar-refractivity contribution < 1.29 is 13.2 Å². The number of hydrogen-bond acceptors (Lipinski definition) is 4. The lowest BCUT2D eigenvalue weighted by molar-refractivity contribution is -0.121. The van der Waals surface area contributed by atoms with Gasteiger partial charge in [-0.2, -0.15) is 4.31 Å². The molecule has 2 saturated heterocycles. The minimum Gasteiger partial charge on any atom is -0.356 e. The van der Waals surface area contributed by atoms with Crippen molar-refractivity contribution in [3.8, 4) is 0 Å². The zero-order valence-corrected chi connectivity index (χ0v) is 19.1. The van der Waals surface area contributed by atoms with Gasteiger partial charge in [-0.15, -0.1) is 0 Å². The first-order valence-electron chi connectivity index (χ1n) is 11.5. The fourth-order valence-corrected chi connectivity index (χ4v) is 5.88. The van der Waals surface area contributed by atoms with Crippen molar-refractivity contribution in [2.24, 2.45) is 5.92 Å². The van der Waals surface area contributed by atoms with Crippen LogP contribution in [0.25, 0.3) is 0 Å². The maximum Gasteiger partial charge on any atom is 0.243 e. The number of piperidine rings is 2. The molecule has 2 aliphatic heterocycles. The number of carbonyl (C=O) groups is 1. The molecule has 7 heteroatoms. The van der Waals surface area contributed by atoms with Crippen LogP contribution in [0.5, 0.6) is 0 Å². The van der Waals surface area contributed by atoms with E-state index in [2.05, 4.69) is 17.1 Å². The molecule has 0 saturated carbocycles. The Morgan fingerprint density at radius 1 is 0.967 bits per heavy atom. The molecule has 1 aromatic carbocycles. The third-order valence-electron chi connectivity index (χ3n) is 6.18. The summed E-state index contributed by atoms with van der Waals surface area (Å²) in [5.41, 5.74) is 0.990. The van der Waals surface area contributed by atoms with E-state index in [4.69, 9.17) is 0 Å². The molecule has 1 atom stereocenters. The van der Waals surface area contributed by atoms with Crippen molar-refractivity contribution in [2.75, 3.05) is 39.3 Å². The molecule has 1 N–H and O–H groups in total. The second-order valence-corrected chi connectivity index (χ2v) is 10.8. The lowest BCUT2D eigenvalue weighted by atomic mass is 10.1. The molecule has 1 unspecified atom stereocenters. The van der Waals surface area contributed by atoms with Gasteiger partial charge in [0.25, 0.3) is 0 Å². The van der Waals surface area contributed by atoms with Gasteiger partial charge in [0.2, 0.25) is 15.9 Å². The summed E-state index contributed by atoms with van der Waals surface area (Å²) >= 11 is 0. The molecule has 1 aromatic rings. The summed E-state index contributed by atoms with van der Waals surface area (Å²) in [5.74, 6) is 0.511. The fraction of sp³-hybridized carbons (Fsp3) is 0.696. The number of hydrogen-bond donors (Lipinski definition) is 1. The van der Waals surface area contributed by atoms with Crippen LogP contribution in [0.15, 0.2) is 29.2 Å². The molecule has 2 heterocycles. The Morgan fingerprint density at radius 2 is 1.57 bits per heavy atom. The average Bonchev–Trinajstić information content (AvgIpc) is 2.78. The second kappa shape index (κ2) is 11.3. The zero-order valence-electron chi connectivity index (χ0n) is 18.3. The van der Waals surface area contributed by atoms with Crippen molar-refractivity contribution in [1.82, 2.24) is 14.5 Å². The highest BCUT2D eigenvalue weighted by Gasteiger charge is 2.25. The van der Waals surface area contributed by atoms with E-state index in [1.807, 2.05) is 12.1 Å². The number of carbonyl (C=O) groups excluding carboxylic acids is 1. The highest BCUT2D eigenvalue weighted by molar-refractivity contribution is 7.89. The van der Waals surface area contributed by atoms with Gasteiger partial charge in [0.05, 0.1) is 4.90 Å². The predicted molar refractivity (Wildman–Crippen MR) is 120 cm³/mol. The maximum atomic E-state index is 12.7. The van der Waals surface area contributed by atoms with Gasteiger partial charge in [-0.25, -0.2) is 8.42 Å². The van der Waals surface area contributed by atoms with Gasteiger partial charge >= 0.3 is 0 Å². The molecule has 6 nitrogen and oxygen atoms in total. The Labute approximate surface area is 182 Å². The van der Waals surface area contributed by atoms with Gasteiger partial charge in [0, 0.05) is 32.6 Å². The third kappa shape index (κ3) is 6.79. The van der Waals surface area contributed by atoms with Crippen LogP contribution in [-0.4, -0.2) is 62.8 Å². The van der Waals surface area contributed by atoms with Crippen molar-refractivity contribution in [1.29, 1.82) is 0 Å². The number of benzene rings is 1. The van der Waals surface area contributed by atoms with Crippen LogP contribution in [0.4, 0.5) is 0 Å². The zero-order chi connectivity index (χ0) is 21.4. The van der Waals surface area contributed by atoms with Gasteiger partial charge in [0.1, 0.15) is 0 Å². The van der Waals surface area contributed by atoms with E-state index >= 15 is 0 Å². The van der Waals surface area contributed by atoms with Crippen molar-refractivity contribution in [2.45, 2.75) is 63.2 Å². The molecular formula is C23H37N3O3S. The first kappa shape index (κ1) is 23.2. The van der Waals surface area contributed by atoms with Crippen LogP contribution in [0.1, 0.15) is 57.4 Å². The van der Waals surface area contributed by atoms with Crippen LogP contribution in [0.2, 0.25) is 0 Å². The predicted octanol–water partition coefficient (Wildman–Crippen LogP) is 3.03. The number of sulfonamides is 1. The van der Waals surface area contributed by atoms with E-state index in [1.54, 1.807) is 16.4 Å². The topological polar surface area (TPSA) is 69.7 Å². The molecule has 0 aromatic heterocycles. The van der Waals surface area contributed by atoms with Gasteiger partial charge in [0.15, 0.2) is 0 Å². The van der Waals surface area contributed by atoms with Gasteiger partial charge < -0.3 is 10.2 Å². The summed E-state index contributed by atoms with van der Waals surface area (Å²) in [6, 6.07) is 7.03. The summed E-state index contributed by atoms with van der Waals surface area (Å²) in [4.78, 5) is 15.1. The lowest BCUT2D eigenvalue weighted by Gasteiger charge is -2.29. The summed E-state index contributed by atoms with van der Waals surface area (Å²) in [6.07, 6.45) is 7.93. The van der Waals surface area contributed by atoms with Crippen molar-refractivity contribution in [3.05, 3.63) is 29.8 Å². The first-order chi connectivity index (χ1) is 14.4. The minimum atomic E-state index is -3.39. The van der Waals surface area contributed by atoms with Gasteiger partial charge in [-0.3, -0.25) is 4.79 Å². The number of nitrogens with zero attached hydrogens (tertiary/aromatic N) is 2. The van der Waals surface area contributed by atoms with Gasteiger partial charge in [-0.1, -0.05) is 31.9 Å². The number of aryl methyl sites for hydroxylation is 1. The normalized spacial score (nSPS) is 20.0. The lowest BCUT2D eigenvalue weighted by Crippen LogP contribution is -2.38. The van der Waals surface area contributed by atoms with E-state index in [-0.39, 0.29) is 5.91 Å². The SMILES string of the molecule is CC(CNC(=O)CCc1ccc(S(=O)(=O)N2CCCCC2)cc1)CN1CCCCC1. The van der Waals surface area contributed by atoms with Gasteiger partial charge in [-0.05, 0) is 68.8 Å². The second-order valence-electron chi connectivity index (χ2n) is 8.88. The van der Waals surface area contributed by atoms with E-state index in [1.165, 1.54) is 32.4 Å². The smallest absolute Gasteiger partial charge is 0.243 e. The Balaban J connectivity index is 1.40. The van der Waals surface area contributed by atoms with Crippen LogP contribution in [0.3, 0.4) is 0 Å². The molecular weight excluding hydrogens is 398 g/mol. The molecule has 30 heavy (non-hydrogen) atoms. The monoisotopic (exact) mass is 435 g/mol. The molecule has 2 aliphatic rings. The van der Waals surface area contributed by atoms with Crippen LogP contribution < -0.4 is 5.32 Å². The molecule has 0 bridgehead atoms. The fourth-order valence-electron chi connectivity index (χ4n) is 4.36. The molecule has 1 amide bonds. The Hall–Kier alpha value is -1.44. The maximum absolute atomic E-state index is 12.7. The average molecular weight is 436 g/mol. The summed E-state index contributed by atoms with van der Waals surface area (Å²) in [5, 5.41) is 3.05. The molecule has 0 aliphatic carbocycles. The summed E-state index contributed by atoms with van der Waals surface area (Å²) in [6.45, 7) is 7.54. The quantitative estimate of drug-likeness (QED) is 0.647. The molecule has 0 spiro atoms. The Kier molecular flexibility index (Phi) is 8.72. The van der Waals surface area contributed by atoms with Crippen LogP contribution in [0, 0.1) is 5.92 Å². The highest BCUT2D eigenvalue weighted by atomic mass is 32.2. The molecule has 2 fully saturated rings. The minimum absolute atomic E-state index is 0.0607. The van der Waals surface area contributed by atoms with Crippen molar-refractivity contribution in [3.63, 3.8) is 0 Å². The van der Waals surface area contributed by atoms with E-state index < -0.39 is 10.0 Å². The third-order valence-corrected chi connectivity index (χ3v) is 8.10.